The number of rotatable bonds is 6. The Hall–Kier alpha value is -2.11. The summed E-state index contributed by atoms with van der Waals surface area (Å²) in [6, 6.07) is 3.78. The molecule has 0 heterocycles. The lowest BCUT2D eigenvalue weighted by atomic mass is 10.0. The molecule has 1 saturated carbocycles. The third kappa shape index (κ3) is 3.46. The molecule has 0 aliphatic heterocycles. The second-order valence-electron chi connectivity index (χ2n) is 5.16. The van der Waals surface area contributed by atoms with Crippen LogP contribution in [-0.4, -0.2) is 22.5 Å². The van der Waals surface area contributed by atoms with Gasteiger partial charge in [0.15, 0.2) is 0 Å². The minimum atomic E-state index is -1.08. The highest BCUT2D eigenvalue weighted by Crippen LogP contribution is 2.28. The highest BCUT2D eigenvalue weighted by molar-refractivity contribution is 5.94. The number of carbonyl (C=O) groups is 1. The minimum absolute atomic E-state index is 0.0713. The third-order valence-corrected chi connectivity index (χ3v) is 3.79. The van der Waals surface area contributed by atoms with Crippen LogP contribution < -0.4 is 5.32 Å². The van der Waals surface area contributed by atoms with E-state index in [0.29, 0.717) is 18.2 Å². The first kappa shape index (κ1) is 14.3. The summed E-state index contributed by atoms with van der Waals surface area (Å²) in [7, 11) is 0. The van der Waals surface area contributed by atoms with E-state index in [9.17, 15) is 14.9 Å². The number of nitrogens with one attached hydrogen (secondary N) is 1. The average Bonchev–Trinajstić information content (AvgIpc) is 2.91. The van der Waals surface area contributed by atoms with Crippen molar-refractivity contribution >= 4 is 17.3 Å². The molecule has 2 N–H and O–H groups in total. The number of nitro benzene ring substituents is 1. The van der Waals surface area contributed by atoms with Crippen molar-refractivity contribution in [3.8, 4) is 0 Å². The van der Waals surface area contributed by atoms with Gasteiger partial charge >= 0.3 is 5.97 Å². The molecule has 0 unspecified atom stereocenters. The summed E-state index contributed by atoms with van der Waals surface area (Å²) in [5.41, 5.74) is 0.296. The number of hydrogen-bond acceptors (Lipinski definition) is 4. The monoisotopic (exact) mass is 278 g/mol. The van der Waals surface area contributed by atoms with Crippen LogP contribution in [0.5, 0.6) is 0 Å². The van der Waals surface area contributed by atoms with Crippen LogP contribution in [0.3, 0.4) is 0 Å². The zero-order valence-corrected chi connectivity index (χ0v) is 11.2. The Morgan fingerprint density at radius 2 is 2.10 bits per heavy atom. The zero-order valence-electron chi connectivity index (χ0n) is 11.2. The Bertz CT molecular complexity index is 510. The minimum Gasteiger partial charge on any atom is -0.478 e. The Kier molecular flexibility index (Phi) is 4.55. The fourth-order valence-electron chi connectivity index (χ4n) is 2.69. The maximum absolute atomic E-state index is 11.1. The van der Waals surface area contributed by atoms with Crippen molar-refractivity contribution in [3.05, 3.63) is 33.9 Å². The average molecular weight is 278 g/mol. The van der Waals surface area contributed by atoms with Gasteiger partial charge in [0.2, 0.25) is 0 Å². The molecule has 0 radical (unpaired) electrons. The van der Waals surface area contributed by atoms with Crippen LogP contribution in [0.2, 0.25) is 0 Å². The smallest absolute Gasteiger partial charge is 0.337 e. The van der Waals surface area contributed by atoms with Gasteiger partial charge in [0.25, 0.3) is 5.69 Å². The predicted molar refractivity (Wildman–Crippen MR) is 75.1 cm³/mol. The van der Waals surface area contributed by atoms with Gasteiger partial charge in [-0.25, -0.2) is 4.79 Å². The molecule has 6 nitrogen and oxygen atoms in total. The van der Waals surface area contributed by atoms with E-state index in [-0.39, 0.29) is 11.3 Å². The molecule has 0 spiro atoms. The van der Waals surface area contributed by atoms with Gasteiger partial charge in [0, 0.05) is 18.7 Å². The molecule has 6 heteroatoms. The van der Waals surface area contributed by atoms with Crippen molar-refractivity contribution in [3.63, 3.8) is 0 Å². The molecule has 108 valence electrons. The number of benzene rings is 1. The first-order valence-corrected chi connectivity index (χ1v) is 6.83. The topological polar surface area (TPSA) is 92.5 Å². The maximum Gasteiger partial charge on any atom is 0.337 e. The van der Waals surface area contributed by atoms with Gasteiger partial charge in [0.05, 0.1) is 16.2 Å². The normalized spacial score (nSPS) is 15.2. The standard InChI is InChI=1S/C14H18N2O4/c17-14(18)12-6-5-11(16(19)20)9-13(12)15-8-7-10-3-1-2-4-10/h5-6,9-10,15H,1-4,7-8H2,(H,17,18). The van der Waals surface area contributed by atoms with Crippen LogP contribution in [0.25, 0.3) is 0 Å². The number of nitro groups is 1. The van der Waals surface area contributed by atoms with Crippen LogP contribution in [-0.2, 0) is 0 Å². The molecular weight excluding hydrogens is 260 g/mol. The van der Waals surface area contributed by atoms with Crippen molar-refractivity contribution in [1.82, 2.24) is 0 Å². The number of hydrogen-bond donors (Lipinski definition) is 2. The van der Waals surface area contributed by atoms with E-state index in [1.807, 2.05) is 0 Å². The van der Waals surface area contributed by atoms with Gasteiger partial charge in [-0.3, -0.25) is 10.1 Å². The van der Waals surface area contributed by atoms with E-state index in [2.05, 4.69) is 5.32 Å². The van der Waals surface area contributed by atoms with E-state index in [1.54, 1.807) is 0 Å². The Labute approximate surface area is 117 Å². The van der Waals surface area contributed by atoms with Crippen molar-refractivity contribution < 1.29 is 14.8 Å². The van der Waals surface area contributed by atoms with Gasteiger partial charge in [0.1, 0.15) is 0 Å². The van der Waals surface area contributed by atoms with Crippen molar-refractivity contribution in [2.45, 2.75) is 32.1 Å². The largest absolute Gasteiger partial charge is 0.478 e. The SMILES string of the molecule is O=C(O)c1ccc([N+](=O)[O-])cc1NCCC1CCCC1. The van der Waals surface area contributed by atoms with E-state index in [1.165, 1.54) is 43.9 Å². The summed E-state index contributed by atoms with van der Waals surface area (Å²) in [5, 5.41) is 22.9. The molecule has 1 aromatic carbocycles. The number of nitrogens with zero attached hydrogens (tertiary/aromatic N) is 1. The molecule has 1 aromatic rings. The predicted octanol–water partition coefficient (Wildman–Crippen LogP) is 3.29. The van der Waals surface area contributed by atoms with Gasteiger partial charge in [-0.05, 0) is 18.4 Å². The summed E-state index contributed by atoms with van der Waals surface area (Å²) in [5.74, 6) is -0.391. The van der Waals surface area contributed by atoms with E-state index >= 15 is 0 Å². The molecule has 0 saturated heterocycles. The molecule has 1 aliphatic rings. The van der Waals surface area contributed by atoms with Crippen molar-refractivity contribution in [2.24, 2.45) is 5.92 Å². The quantitative estimate of drug-likeness (QED) is 0.615. The summed E-state index contributed by atoms with van der Waals surface area (Å²) in [6.45, 7) is 0.645. The van der Waals surface area contributed by atoms with E-state index in [0.717, 1.165) is 6.42 Å². The second kappa shape index (κ2) is 6.36. The van der Waals surface area contributed by atoms with Gasteiger partial charge in [-0.15, -0.1) is 0 Å². The zero-order chi connectivity index (χ0) is 14.5. The molecule has 0 aromatic heterocycles. The van der Waals surface area contributed by atoms with Crippen LogP contribution in [0, 0.1) is 16.0 Å². The molecule has 0 bridgehead atoms. The van der Waals surface area contributed by atoms with Gasteiger partial charge in [-0.1, -0.05) is 25.7 Å². The molecular formula is C14H18N2O4. The fourth-order valence-corrected chi connectivity index (χ4v) is 2.69. The third-order valence-electron chi connectivity index (χ3n) is 3.79. The molecule has 2 rings (SSSR count). The fraction of sp³-hybridized carbons (Fsp3) is 0.500. The lowest BCUT2D eigenvalue weighted by Gasteiger charge is -2.12. The second-order valence-corrected chi connectivity index (χ2v) is 5.16. The first-order chi connectivity index (χ1) is 9.58. The summed E-state index contributed by atoms with van der Waals surface area (Å²) in [4.78, 5) is 21.3. The number of carboxylic acids is 1. The summed E-state index contributed by atoms with van der Waals surface area (Å²) >= 11 is 0. The molecule has 20 heavy (non-hydrogen) atoms. The molecule has 0 atom stereocenters. The lowest BCUT2D eigenvalue weighted by Crippen LogP contribution is -2.10. The Morgan fingerprint density at radius 1 is 1.40 bits per heavy atom. The van der Waals surface area contributed by atoms with Crippen LogP contribution in [0.4, 0.5) is 11.4 Å². The number of non-ortho nitro benzene ring substituents is 1. The first-order valence-electron chi connectivity index (χ1n) is 6.83. The Balaban J connectivity index is 2.04. The maximum atomic E-state index is 11.1. The molecule has 1 aliphatic carbocycles. The molecule has 0 amide bonds. The lowest BCUT2D eigenvalue weighted by molar-refractivity contribution is -0.384. The van der Waals surface area contributed by atoms with Gasteiger partial charge < -0.3 is 10.4 Å². The van der Waals surface area contributed by atoms with Gasteiger partial charge in [-0.2, -0.15) is 0 Å². The summed E-state index contributed by atoms with van der Waals surface area (Å²) < 4.78 is 0. The highest BCUT2D eigenvalue weighted by atomic mass is 16.6. The number of carboxylic acid groups (broad SMARTS) is 1. The number of aromatic carboxylic acids is 1. The van der Waals surface area contributed by atoms with E-state index in [4.69, 9.17) is 5.11 Å². The summed E-state index contributed by atoms with van der Waals surface area (Å²) in [6.07, 6.45) is 5.95. The molecule has 1 fully saturated rings. The Morgan fingerprint density at radius 3 is 2.70 bits per heavy atom. The van der Waals surface area contributed by atoms with E-state index < -0.39 is 10.9 Å². The van der Waals surface area contributed by atoms with Crippen LogP contribution >= 0.6 is 0 Å². The van der Waals surface area contributed by atoms with Crippen molar-refractivity contribution in [2.75, 3.05) is 11.9 Å². The number of anilines is 1. The highest BCUT2D eigenvalue weighted by Gasteiger charge is 2.17. The van der Waals surface area contributed by atoms with Crippen LogP contribution in [0.1, 0.15) is 42.5 Å². The van der Waals surface area contributed by atoms with Crippen molar-refractivity contribution in [1.29, 1.82) is 0 Å². The van der Waals surface area contributed by atoms with Crippen LogP contribution in [0.15, 0.2) is 18.2 Å².